The molecule has 1 unspecified atom stereocenters. The van der Waals surface area contributed by atoms with E-state index in [9.17, 15) is 0 Å². The lowest BCUT2D eigenvalue weighted by atomic mass is 10.1. The molecule has 2 rings (SSSR count). The predicted octanol–water partition coefficient (Wildman–Crippen LogP) is 3.18. The molecule has 20 heavy (non-hydrogen) atoms. The number of hydrogen-bond donors (Lipinski definition) is 1. The Morgan fingerprint density at radius 3 is 2.80 bits per heavy atom. The number of rotatable bonds is 6. The van der Waals surface area contributed by atoms with E-state index in [1.807, 2.05) is 31.3 Å². The summed E-state index contributed by atoms with van der Waals surface area (Å²) in [5, 5.41) is 0. The molecule has 108 valence electrons. The zero-order valence-electron chi connectivity index (χ0n) is 11.7. The van der Waals surface area contributed by atoms with Gasteiger partial charge in [0.1, 0.15) is 11.5 Å². The third-order valence-corrected chi connectivity index (χ3v) is 3.92. The van der Waals surface area contributed by atoms with Crippen molar-refractivity contribution in [1.29, 1.82) is 0 Å². The van der Waals surface area contributed by atoms with Crippen LogP contribution >= 0.6 is 15.9 Å². The second kappa shape index (κ2) is 6.92. The van der Waals surface area contributed by atoms with E-state index in [-0.39, 0.29) is 6.04 Å². The summed E-state index contributed by atoms with van der Waals surface area (Å²) in [7, 11) is 3.71. The second-order valence-electron chi connectivity index (χ2n) is 4.65. The maximum Gasteiger partial charge on any atom is 0.136 e. The monoisotopic (exact) mass is 338 g/mol. The van der Waals surface area contributed by atoms with Crippen LogP contribution in [0.3, 0.4) is 0 Å². The molecule has 2 N–H and O–H groups in total. The summed E-state index contributed by atoms with van der Waals surface area (Å²) in [6, 6.07) is 9.95. The molecule has 0 aliphatic heterocycles. The van der Waals surface area contributed by atoms with Gasteiger partial charge in [-0.25, -0.2) is 0 Å². The van der Waals surface area contributed by atoms with Gasteiger partial charge in [-0.3, -0.25) is 4.90 Å². The number of likely N-dealkylation sites (N-methyl/N-ethyl adjacent to an activating group) is 1. The van der Waals surface area contributed by atoms with E-state index in [1.165, 1.54) is 5.56 Å². The molecule has 0 aliphatic rings. The van der Waals surface area contributed by atoms with Crippen molar-refractivity contribution < 1.29 is 9.15 Å². The van der Waals surface area contributed by atoms with Gasteiger partial charge in [-0.1, -0.05) is 12.1 Å². The fraction of sp³-hybridized carbons (Fsp3) is 0.333. The highest BCUT2D eigenvalue weighted by Gasteiger charge is 2.21. The maximum atomic E-state index is 5.90. The number of nitrogens with zero attached hydrogens (tertiary/aromatic N) is 1. The van der Waals surface area contributed by atoms with Crippen molar-refractivity contribution in [2.24, 2.45) is 5.73 Å². The standard InChI is InChI=1S/C15H19BrN2O2/c1-18(10-11-4-3-5-12(8-11)19-2)14(9-17)15-13(16)6-7-20-15/h3-8,14H,9-10,17H2,1-2H3. The van der Waals surface area contributed by atoms with Gasteiger partial charge in [-0.05, 0) is 46.7 Å². The molecule has 0 spiro atoms. The van der Waals surface area contributed by atoms with Gasteiger partial charge >= 0.3 is 0 Å². The molecule has 0 saturated heterocycles. The summed E-state index contributed by atoms with van der Waals surface area (Å²) in [6.07, 6.45) is 1.67. The Kier molecular flexibility index (Phi) is 5.23. The minimum Gasteiger partial charge on any atom is -0.497 e. The van der Waals surface area contributed by atoms with E-state index in [0.29, 0.717) is 6.54 Å². The van der Waals surface area contributed by atoms with E-state index >= 15 is 0 Å². The molecule has 0 aliphatic carbocycles. The number of furan rings is 1. The highest BCUT2D eigenvalue weighted by molar-refractivity contribution is 9.10. The molecule has 0 amide bonds. The molecule has 1 atom stereocenters. The number of ether oxygens (including phenoxy) is 1. The van der Waals surface area contributed by atoms with Crippen LogP contribution in [0.4, 0.5) is 0 Å². The molecule has 4 nitrogen and oxygen atoms in total. The average Bonchev–Trinajstić information content (AvgIpc) is 2.86. The highest BCUT2D eigenvalue weighted by Crippen LogP contribution is 2.28. The van der Waals surface area contributed by atoms with Crippen LogP contribution in [0, 0.1) is 0 Å². The van der Waals surface area contributed by atoms with Crippen molar-refractivity contribution in [1.82, 2.24) is 4.90 Å². The van der Waals surface area contributed by atoms with E-state index in [4.69, 9.17) is 14.9 Å². The number of methoxy groups -OCH3 is 1. The van der Waals surface area contributed by atoms with Crippen LogP contribution in [-0.2, 0) is 6.54 Å². The first-order chi connectivity index (χ1) is 9.65. The lowest BCUT2D eigenvalue weighted by Crippen LogP contribution is -2.30. The molecule has 0 bridgehead atoms. The quantitative estimate of drug-likeness (QED) is 0.878. The Morgan fingerprint density at radius 1 is 1.40 bits per heavy atom. The normalized spacial score (nSPS) is 12.7. The molecule has 0 fully saturated rings. The largest absolute Gasteiger partial charge is 0.497 e. The van der Waals surface area contributed by atoms with Crippen LogP contribution < -0.4 is 10.5 Å². The minimum absolute atomic E-state index is 0.0329. The van der Waals surface area contributed by atoms with E-state index in [1.54, 1.807) is 13.4 Å². The van der Waals surface area contributed by atoms with Crippen molar-refractivity contribution in [2.45, 2.75) is 12.6 Å². The predicted molar refractivity (Wildman–Crippen MR) is 82.7 cm³/mol. The minimum atomic E-state index is 0.0329. The van der Waals surface area contributed by atoms with Crippen LogP contribution in [0.5, 0.6) is 5.75 Å². The summed E-state index contributed by atoms with van der Waals surface area (Å²) in [5.41, 5.74) is 7.07. The molecule has 0 saturated carbocycles. The molecular weight excluding hydrogens is 320 g/mol. The summed E-state index contributed by atoms with van der Waals surface area (Å²) < 4.78 is 11.7. The molecule has 2 aromatic rings. The smallest absolute Gasteiger partial charge is 0.136 e. The first-order valence-electron chi connectivity index (χ1n) is 6.41. The van der Waals surface area contributed by atoms with Crippen LogP contribution in [0.15, 0.2) is 45.5 Å². The zero-order valence-corrected chi connectivity index (χ0v) is 13.3. The molecule has 0 radical (unpaired) electrons. The Labute approximate surface area is 127 Å². The molecule has 5 heteroatoms. The third kappa shape index (κ3) is 3.42. The van der Waals surface area contributed by atoms with Gasteiger partial charge in [0, 0.05) is 13.1 Å². The van der Waals surface area contributed by atoms with Crippen LogP contribution in [0.1, 0.15) is 17.4 Å². The van der Waals surface area contributed by atoms with Crippen molar-refractivity contribution >= 4 is 15.9 Å². The van der Waals surface area contributed by atoms with Gasteiger partial charge in [0.2, 0.25) is 0 Å². The van der Waals surface area contributed by atoms with E-state index < -0.39 is 0 Å². The molecule has 1 heterocycles. The Morgan fingerprint density at radius 2 is 2.20 bits per heavy atom. The summed E-state index contributed by atoms with van der Waals surface area (Å²) in [6.45, 7) is 1.26. The fourth-order valence-electron chi connectivity index (χ4n) is 2.20. The van der Waals surface area contributed by atoms with Crippen molar-refractivity contribution in [2.75, 3.05) is 20.7 Å². The molecule has 1 aromatic carbocycles. The average molecular weight is 339 g/mol. The topological polar surface area (TPSA) is 51.6 Å². The van der Waals surface area contributed by atoms with Gasteiger partial charge in [0.15, 0.2) is 0 Å². The Bertz CT molecular complexity index is 556. The number of halogens is 1. The summed E-state index contributed by atoms with van der Waals surface area (Å²) >= 11 is 3.49. The SMILES string of the molecule is COc1cccc(CN(C)C(CN)c2occc2Br)c1. The van der Waals surface area contributed by atoms with E-state index in [2.05, 4.69) is 26.9 Å². The number of nitrogens with two attached hydrogens (primary N) is 1. The van der Waals surface area contributed by atoms with Crippen molar-refractivity contribution in [3.05, 3.63) is 52.4 Å². The van der Waals surface area contributed by atoms with E-state index in [0.717, 1.165) is 22.5 Å². The Balaban J connectivity index is 2.13. The third-order valence-electron chi connectivity index (χ3n) is 3.27. The molecular formula is C15H19BrN2O2. The number of benzene rings is 1. The lowest BCUT2D eigenvalue weighted by molar-refractivity contribution is 0.211. The van der Waals surface area contributed by atoms with Gasteiger partial charge < -0.3 is 14.9 Å². The van der Waals surface area contributed by atoms with Crippen molar-refractivity contribution in [3.8, 4) is 5.75 Å². The van der Waals surface area contributed by atoms with Crippen LogP contribution in [0.25, 0.3) is 0 Å². The second-order valence-corrected chi connectivity index (χ2v) is 5.51. The van der Waals surface area contributed by atoms with Gasteiger partial charge in [-0.2, -0.15) is 0 Å². The number of hydrogen-bond acceptors (Lipinski definition) is 4. The van der Waals surface area contributed by atoms with Crippen molar-refractivity contribution in [3.63, 3.8) is 0 Å². The van der Waals surface area contributed by atoms with Gasteiger partial charge in [0.05, 0.1) is 23.9 Å². The Hall–Kier alpha value is -1.30. The lowest BCUT2D eigenvalue weighted by Gasteiger charge is -2.25. The molecule has 1 aromatic heterocycles. The summed E-state index contributed by atoms with van der Waals surface area (Å²) in [5.74, 6) is 1.72. The fourth-order valence-corrected chi connectivity index (χ4v) is 2.66. The highest BCUT2D eigenvalue weighted by atomic mass is 79.9. The first kappa shape index (κ1) is 15.1. The van der Waals surface area contributed by atoms with Gasteiger partial charge in [-0.15, -0.1) is 0 Å². The maximum absolute atomic E-state index is 5.90. The first-order valence-corrected chi connectivity index (χ1v) is 7.21. The zero-order chi connectivity index (χ0) is 14.5. The van der Waals surface area contributed by atoms with Gasteiger partial charge in [0.25, 0.3) is 0 Å². The van der Waals surface area contributed by atoms with Crippen LogP contribution in [0.2, 0.25) is 0 Å². The summed E-state index contributed by atoms with van der Waals surface area (Å²) in [4.78, 5) is 2.17. The van der Waals surface area contributed by atoms with Crippen LogP contribution in [-0.4, -0.2) is 25.6 Å².